The fraction of sp³-hybridized carbons (Fsp3) is 0.222. The van der Waals surface area contributed by atoms with Gasteiger partial charge in [0.25, 0.3) is 5.91 Å². The molecular formula is C18H20N2O2S. The predicted octanol–water partition coefficient (Wildman–Crippen LogP) is 2.80. The molecule has 2 rings (SSSR count). The average molecular weight is 328 g/mol. The zero-order valence-corrected chi connectivity index (χ0v) is 13.8. The van der Waals surface area contributed by atoms with Crippen LogP contribution in [-0.2, 0) is 4.79 Å². The van der Waals surface area contributed by atoms with Crippen LogP contribution in [-0.4, -0.2) is 24.1 Å². The second-order valence-corrected chi connectivity index (χ2v) is 6.29. The van der Waals surface area contributed by atoms with Gasteiger partial charge in [-0.3, -0.25) is 9.59 Å². The Morgan fingerprint density at radius 3 is 2.43 bits per heavy atom. The van der Waals surface area contributed by atoms with E-state index < -0.39 is 5.91 Å². The summed E-state index contributed by atoms with van der Waals surface area (Å²) in [6, 6.07) is 17.3. The van der Waals surface area contributed by atoms with Gasteiger partial charge in [-0.2, -0.15) is 0 Å². The zero-order chi connectivity index (χ0) is 16.7. The summed E-state index contributed by atoms with van der Waals surface area (Å²) in [5.74, 6) is -0.154. The topological polar surface area (TPSA) is 72.2 Å². The minimum Gasteiger partial charge on any atom is -0.369 e. The quantitative estimate of drug-likeness (QED) is 0.768. The molecule has 0 bridgehead atoms. The lowest BCUT2D eigenvalue weighted by molar-refractivity contribution is -0.115. The first kappa shape index (κ1) is 17.1. The van der Waals surface area contributed by atoms with Gasteiger partial charge in [-0.1, -0.05) is 49.4 Å². The Kier molecular flexibility index (Phi) is 6.23. The van der Waals surface area contributed by atoms with E-state index in [9.17, 15) is 9.59 Å². The molecule has 0 heterocycles. The van der Waals surface area contributed by atoms with Gasteiger partial charge in [0.2, 0.25) is 5.91 Å². The molecule has 3 N–H and O–H groups in total. The van der Waals surface area contributed by atoms with Crippen molar-refractivity contribution in [2.45, 2.75) is 17.7 Å². The molecule has 2 aromatic carbocycles. The first-order chi connectivity index (χ1) is 11.1. The number of hydrogen-bond acceptors (Lipinski definition) is 3. The van der Waals surface area contributed by atoms with E-state index in [4.69, 9.17) is 5.73 Å². The second kappa shape index (κ2) is 8.39. The second-order valence-electron chi connectivity index (χ2n) is 5.27. The fourth-order valence-electron chi connectivity index (χ4n) is 2.17. The summed E-state index contributed by atoms with van der Waals surface area (Å²) in [5, 5.41) is 2.96. The summed E-state index contributed by atoms with van der Waals surface area (Å²) in [6.45, 7) is 2.63. The van der Waals surface area contributed by atoms with E-state index >= 15 is 0 Å². The fourth-order valence-corrected chi connectivity index (χ4v) is 2.96. The zero-order valence-electron chi connectivity index (χ0n) is 13.0. The molecule has 0 spiro atoms. The summed E-state index contributed by atoms with van der Waals surface area (Å²) in [5.41, 5.74) is 6.92. The number of benzene rings is 2. The Bertz CT molecular complexity index is 674. The van der Waals surface area contributed by atoms with E-state index in [-0.39, 0.29) is 17.6 Å². The lowest BCUT2D eigenvalue weighted by Crippen LogP contribution is -2.28. The molecule has 2 amide bonds. The Balaban J connectivity index is 1.99. The smallest absolute Gasteiger partial charge is 0.252 e. The summed E-state index contributed by atoms with van der Waals surface area (Å²) in [4.78, 5) is 24.1. The maximum atomic E-state index is 12.4. The van der Waals surface area contributed by atoms with Gasteiger partial charge < -0.3 is 11.1 Å². The van der Waals surface area contributed by atoms with Crippen molar-refractivity contribution in [2.24, 2.45) is 5.73 Å². The van der Waals surface area contributed by atoms with E-state index in [2.05, 4.69) is 12.2 Å². The van der Waals surface area contributed by atoms with Crippen LogP contribution in [0.15, 0.2) is 59.5 Å². The molecule has 23 heavy (non-hydrogen) atoms. The first-order valence-electron chi connectivity index (χ1n) is 7.41. The lowest BCUT2D eigenvalue weighted by Gasteiger charge is -2.14. The third-order valence-electron chi connectivity index (χ3n) is 3.44. The summed E-state index contributed by atoms with van der Waals surface area (Å²) in [7, 11) is 0. The highest BCUT2D eigenvalue weighted by atomic mass is 32.2. The van der Waals surface area contributed by atoms with Crippen LogP contribution in [0.4, 0.5) is 0 Å². The number of nitrogens with two attached hydrogens (primary N) is 1. The van der Waals surface area contributed by atoms with Gasteiger partial charge in [-0.15, -0.1) is 11.8 Å². The van der Waals surface area contributed by atoms with Gasteiger partial charge in [0, 0.05) is 11.4 Å². The van der Waals surface area contributed by atoms with Gasteiger partial charge in [0.15, 0.2) is 0 Å². The van der Waals surface area contributed by atoms with Gasteiger partial charge in [-0.05, 0) is 23.6 Å². The Hall–Kier alpha value is -2.27. The van der Waals surface area contributed by atoms with Gasteiger partial charge in [0.05, 0.1) is 11.3 Å². The number of primary amides is 1. The van der Waals surface area contributed by atoms with Crippen molar-refractivity contribution >= 4 is 23.6 Å². The number of rotatable bonds is 7. The van der Waals surface area contributed by atoms with Crippen molar-refractivity contribution in [3.63, 3.8) is 0 Å². The van der Waals surface area contributed by atoms with Gasteiger partial charge in [0.1, 0.15) is 0 Å². The first-order valence-corrected chi connectivity index (χ1v) is 8.39. The molecule has 0 aliphatic carbocycles. The third kappa shape index (κ3) is 5.14. The largest absolute Gasteiger partial charge is 0.369 e. The van der Waals surface area contributed by atoms with E-state index in [1.165, 1.54) is 17.3 Å². The molecule has 2 aromatic rings. The molecule has 0 saturated heterocycles. The molecule has 1 atom stereocenters. The molecule has 120 valence electrons. The predicted molar refractivity (Wildman–Crippen MR) is 93.6 cm³/mol. The van der Waals surface area contributed by atoms with E-state index in [0.717, 1.165) is 4.90 Å². The number of nitrogens with one attached hydrogen (secondary N) is 1. The normalized spacial score (nSPS) is 11.7. The minimum absolute atomic E-state index is 0.139. The molecule has 0 unspecified atom stereocenters. The van der Waals surface area contributed by atoms with Crippen LogP contribution in [0, 0.1) is 0 Å². The molecule has 0 saturated carbocycles. The van der Waals surface area contributed by atoms with Crippen molar-refractivity contribution < 1.29 is 9.59 Å². The number of amides is 2. The monoisotopic (exact) mass is 328 g/mol. The molecule has 5 heteroatoms. The maximum Gasteiger partial charge on any atom is 0.252 e. The van der Waals surface area contributed by atoms with Crippen LogP contribution in [0.3, 0.4) is 0 Å². The van der Waals surface area contributed by atoms with Crippen molar-refractivity contribution in [2.75, 3.05) is 12.3 Å². The highest BCUT2D eigenvalue weighted by Crippen LogP contribution is 2.22. The van der Waals surface area contributed by atoms with E-state index in [1.54, 1.807) is 6.07 Å². The molecule has 0 radical (unpaired) electrons. The average Bonchev–Trinajstić information content (AvgIpc) is 2.58. The van der Waals surface area contributed by atoms with Crippen molar-refractivity contribution in [1.82, 2.24) is 5.32 Å². The molecule has 0 aliphatic heterocycles. The SMILES string of the molecule is C[C@H](CNC(=O)c1ccccc1SCC(N)=O)c1ccccc1. The minimum atomic E-state index is -0.400. The highest BCUT2D eigenvalue weighted by molar-refractivity contribution is 8.00. The molecular weight excluding hydrogens is 308 g/mol. The summed E-state index contributed by atoms with van der Waals surface area (Å²) >= 11 is 1.28. The van der Waals surface area contributed by atoms with Crippen LogP contribution < -0.4 is 11.1 Å². The standard InChI is InChI=1S/C18H20N2O2S/c1-13(14-7-3-2-4-8-14)11-20-18(22)15-9-5-6-10-16(15)23-12-17(19)21/h2-10,13H,11-12H2,1H3,(H2,19,21)(H,20,22)/t13-/m1/s1. The lowest BCUT2D eigenvalue weighted by atomic mass is 10.0. The number of carbonyl (C=O) groups excluding carboxylic acids is 2. The molecule has 0 fully saturated rings. The van der Waals surface area contributed by atoms with Crippen LogP contribution >= 0.6 is 11.8 Å². The highest BCUT2D eigenvalue weighted by Gasteiger charge is 2.13. The van der Waals surface area contributed by atoms with Gasteiger partial charge in [-0.25, -0.2) is 0 Å². The maximum absolute atomic E-state index is 12.4. The van der Waals surface area contributed by atoms with Crippen molar-refractivity contribution in [3.05, 3.63) is 65.7 Å². The van der Waals surface area contributed by atoms with Crippen molar-refractivity contribution in [3.8, 4) is 0 Å². The molecule has 0 aliphatic rings. The third-order valence-corrected chi connectivity index (χ3v) is 4.53. The van der Waals surface area contributed by atoms with Crippen LogP contribution in [0.1, 0.15) is 28.8 Å². The number of carbonyl (C=O) groups is 2. The summed E-state index contributed by atoms with van der Waals surface area (Å²) < 4.78 is 0. The summed E-state index contributed by atoms with van der Waals surface area (Å²) in [6.07, 6.45) is 0. The number of thioether (sulfide) groups is 1. The van der Waals surface area contributed by atoms with E-state index in [0.29, 0.717) is 12.1 Å². The Morgan fingerprint density at radius 2 is 1.74 bits per heavy atom. The number of hydrogen-bond donors (Lipinski definition) is 2. The Morgan fingerprint density at radius 1 is 1.09 bits per heavy atom. The Labute approximate surface area is 140 Å². The molecule has 0 aromatic heterocycles. The van der Waals surface area contributed by atoms with Crippen LogP contribution in [0.25, 0.3) is 0 Å². The molecule has 4 nitrogen and oxygen atoms in total. The van der Waals surface area contributed by atoms with E-state index in [1.807, 2.05) is 48.5 Å². The van der Waals surface area contributed by atoms with Crippen LogP contribution in [0.2, 0.25) is 0 Å². The van der Waals surface area contributed by atoms with Crippen LogP contribution in [0.5, 0.6) is 0 Å². The van der Waals surface area contributed by atoms with Gasteiger partial charge >= 0.3 is 0 Å². The van der Waals surface area contributed by atoms with Crippen molar-refractivity contribution in [1.29, 1.82) is 0 Å².